The Bertz CT molecular complexity index is 1020. The standard InChI is InChI=1S/C17H15N3O4S/c1-2-11-8-12-16(25-11)18-9-20(17(12)22)19-15(21)10-3-4-13-14(7-10)24-6-5-23-13/h3-4,7-9H,2,5-6H2,1H3,(H,19,21). The number of ether oxygens (including phenoxy) is 2. The molecule has 0 atom stereocenters. The molecule has 2 aromatic heterocycles. The summed E-state index contributed by atoms with van der Waals surface area (Å²) < 4.78 is 12.0. The lowest BCUT2D eigenvalue weighted by molar-refractivity contribution is 0.101. The molecule has 3 heterocycles. The highest BCUT2D eigenvalue weighted by Crippen LogP contribution is 2.30. The van der Waals surface area contributed by atoms with Gasteiger partial charge < -0.3 is 9.47 Å². The number of carbonyl (C=O) groups is 1. The zero-order valence-electron chi connectivity index (χ0n) is 13.4. The maximum Gasteiger partial charge on any atom is 0.280 e. The van der Waals surface area contributed by atoms with Crippen molar-refractivity contribution in [2.45, 2.75) is 13.3 Å². The van der Waals surface area contributed by atoms with Crippen LogP contribution in [0.5, 0.6) is 11.5 Å². The van der Waals surface area contributed by atoms with E-state index >= 15 is 0 Å². The smallest absolute Gasteiger partial charge is 0.280 e. The number of nitrogens with zero attached hydrogens (tertiary/aromatic N) is 2. The molecule has 1 N–H and O–H groups in total. The van der Waals surface area contributed by atoms with Crippen LogP contribution < -0.4 is 20.5 Å². The van der Waals surface area contributed by atoms with Crippen molar-refractivity contribution in [3.05, 3.63) is 51.4 Å². The summed E-state index contributed by atoms with van der Waals surface area (Å²) in [6, 6.07) is 6.72. The van der Waals surface area contributed by atoms with Crippen LogP contribution in [0, 0.1) is 0 Å². The number of thiophene rings is 1. The first-order chi connectivity index (χ1) is 12.2. The Kier molecular flexibility index (Phi) is 3.89. The first-order valence-corrected chi connectivity index (χ1v) is 8.68. The Hall–Kier alpha value is -2.87. The van der Waals surface area contributed by atoms with Crippen LogP contribution in [0.2, 0.25) is 0 Å². The Morgan fingerprint density at radius 3 is 2.88 bits per heavy atom. The maximum absolute atomic E-state index is 12.5. The molecule has 1 aromatic carbocycles. The van der Waals surface area contributed by atoms with Gasteiger partial charge in [-0.2, -0.15) is 0 Å². The highest BCUT2D eigenvalue weighted by molar-refractivity contribution is 7.18. The van der Waals surface area contributed by atoms with E-state index in [-0.39, 0.29) is 5.56 Å². The van der Waals surface area contributed by atoms with Gasteiger partial charge in [-0.3, -0.25) is 15.0 Å². The van der Waals surface area contributed by atoms with E-state index in [1.165, 1.54) is 17.7 Å². The third kappa shape index (κ3) is 2.85. The molecule has 3 aromatic rings. The topological polar surface area (TPSA) is 82.5 Å². The summed E-state index contributed by atoms with van der Waals surface area (Å²) in [5, 5.41) is 0.506. The molecule has 25 heavy (non-hydrogen) atoms. The number of hydrogen-bond acceptors (Lipinski definition) is 6. The normalized spacial score (nSPS) is 13.0. The van der Waals surface area contributed by atoms with E-state index in [2.05, 4.69) is 10.4 Å². The summed E-state index contributed by atoms with van der Waals surface area (Å²) in [5.74, 6) is 0.699. The van der Waals surface area contributed by atoms with Crippen molar-refractivity contribution in [1.82, 2.24) is 9.66 Å². The molecule has 128 valence electrons. The van der Waals surface area contributed by atoms with Gasteiger partial charge in [-0.05, 0) is 30.7 Å². The number of aryl methyl sites for hydroxylation is 1. The first-order valence-electron chi connectivity index (χ1n) is 7.87. The van der Waals surface area contributed by atoms with Crippen molar-refractivity contribution in [1.29, 1.82) is 0 Å². The maximum atomic E-state index is 12.5. The lowest BCUT2D eigenvalue weighted by Gasteiger charge is -2.18. The minimum atomic E-state index is -0.425. The van der Waals surface area contributed by atoms with Gasteiger partial charge in [-0.1, -0.05) is 6.92 Å². The van der Waals surface area contributed by atoms with Gasteiger partial charge in [-0.25, -0.2) is 9.66 Å². The third-order valence-electron chi connectivity index (χ3n) is 3.88. The molecular formula is C17H15N3O4S. The van der Waals surface area contributed by atoms with Gasteiger partial charge in [0.05, 0.1) is 5.39 Å². The highest BCUT2D eigenvalue weighted by atomic mass is 32.1. The van der Waals surface area contributed by atoms with Gasteiger partial charge in [0.25, 0.3) is 11.5 Å². The molecule has 1 aliphatic rings. The van der Waals surface area contributed by atoms with Crippen molar-refractivity contribution in [2.24, 2.45) is 0 Å². The summed E-state index contributed by atoms with van der Waals surface area (Å²) in [5.41, 5.74) is 2.64. The van der Waals surface area contributed by atoms with Crippen molar-refractivity contribution >= 4 is 27.5 Å². The van der Waals surface area contributed by atoms with E-state index < -0.39 is 5.91 Å². The third-order valence-corrected chi connectivity index (χ3v) is 5.07. The molecule has 0 spiro atoms. The second-order valence-electron chi connectivity index (χ2n) is 5.50. The zero-order chi connectivity index (χ0) is 17.4. The molecule has 0 unspecified atom stereocenters. The molecule has 1 aliphatic heterocycles. The summed E-state index contributed by atoms with van der Waals surface area (Å²) >= 11 is 1.48. The number of hydrogen-bond donors (Lipinski definition) is 1. The SMILES string of the molecule is CCc1cc2c(=O)n(NC(=O)c3ccc4c(c3)OCCO4)cnc2s1. The van der Waals surface area contributed by atoms with Gasteiger partial charge in [-0.15, -0.1) is 11.3 Å². The summed E-state index contributed by atoms with van der Waals surface area (Å²) in [7, 11) is 0. The van der Waals surface area contributed by atoms with Crippen molar-refractivity contribution < 1.29 is 14.3 Å². The molecule has 0 radical (unpaired) electrons. The molecule has 8 heteroatoms. The Morgan fingerprint density at radius 2 is 2.08 bits per heavy atom. The van der Waals surface area contributed by atoms with Gasteiger partial charge >= 0.3 is 0 Å². The molecule has 7 nitrogen and oxygen atoms in total. The van der Waals surface area contributed by atoms with Crippen LogP contribution in [0.4, 0.5) is 0 Å². The molecule has 0 aliphatic carbocycles. The van der Waals surface area contributed by atoms with Crippen molar-refractivity contribution in [3.63, 3.8) is 0 Å². The monoisotopic (exact) mass is 357 g/mol. The number of rotatable bonds is 3. The summed E-state index contributed by atoms with van der Waals surface area (Å²) in [4.78, 5) is 31.0. The predicted octanol–water partition coefficient (Wildman–Crippen LogP) is 2.18. The minimum absolute atomic E-state index is 0.299. The number of amides is 1. The number of benzene rings is 1. The second kappa shape index (κ2) is 6.21. The summed E-state index contributed by atoms with van der Waals surface area (Å²) in [6.07, 6.45) is 2.17. The van der Waals surface area contributed by atoms with Crippen LogP contribution in [-0.2, 0) is 6.42 Å². The van der Waals surface area contributed by atoms with Crippen LogP contribution >= 0.6 is 11.3 Å². The Balaban J connectivity index is 1.63. The highest BCUT2D eigenvalue weighted by Gasteiger charge is 2.16. The molecule has 0 saturated carbocycles. The van der Waals surface area contributed by atoms with E-state index in [1.807, 2.05) is 13.0 Å². The number of aromatic nitrogens is 2. The van der Waals surface area contributed by atoms with Gasteiger partial charge in [0, 0.05) is 10.4 Å². The molecular weight excluding hydrogens is 342 g/mol. The van der Waals surface area contributed by atoms with Gasteiger partial charge in [0.2, 0.25) is 0 Å². The fourth-order valence-electron chi connectivity index (χ4n) is 2.59. The molecule has 0 saturated heterocycles. The van der Waals surface area contributed by atoms with Gasteiger partial charge in [0.15, 0.2) is 11.5 Å². The van der Waals surface area contributed by atoms with E-state index in [0.717, 1.165) is 16.0 Å². The minimum Gasteiger partial charge on any atom is -0.486 e. The zero-order valence-corrected chi connectivity index (χ0v) is 14.3. The first kappa shape index (κ1) is 15.6. The molecule has 1 amide bonds. The predicted molar refractivity (Wildman–Crippen MR) is 94.4 cm³/mol. The van der Waals surface area contributed by atoms with E-state index in [1.54, 1.807) is 18.2 Å². The largest absolute Gasteiger partial charge is 0.486 e. The van der Waals surface area contributed by atoms with Crippen LogP contribution in [-0.4, -0.2) is 28.8 Å². The second-order valence-corrected chi connectivity index (χ2v) is 6.62. The Labute approximate surface area is 146 Å². The van der Waals surface area contributed by atoms with Gasteiger partial charge in [0.1, 0.15) is 24.4 Å². The van der Waals surface area contributed by atoms with Crippen molar-refractivity contribution in [3.8, 4) is 11.5 Å². The van der Waals surface area contributed by atoms with Crippen LogP contribution in [0.15, 0.2) is 35.4 Å². The fraction of sp³-hybridized carbons (Fsp3) is 0.235. The number of carbonyl (C=O) groups excluding carboxylic acids is 1. The number of nitrogens with one attached hydrogen (secondary N) is 1. The average Bonchev–Trinajstić information content (AvgIpc) is 3.08. The van der Waals surface area contributed by atoms with Crippen LogP contribution in [0.3, 0.4) is 0 Å². The molecule has 4 rings (SSSR count). The van der Waals surface area contributed by atoms with Crippen LogP contribution in [0.25, 0.3) is 10.2 Å². The Morgan fingerprint density at radius 1 is 1.28 bits per heavy atom. The molecule has 0 fully saturated rings. The van der Waals surface area contributed by atoms with Crippen LogP contribution in [0.1, 0.15) is 22.2 Å². The van der Waals surface area contributed by atoms with E-state index in [9.17, 15) is 9.59 Å². The quantitative estimate of drug-likeness (QED) is 0.777. The fourth-order valence-corrected chi connectivity index (χ4v) is 3.51. The van der Waals surface area contributed by atoms with E-state index in [4.69, 9.17) is 9.47 Å². The molecule has 0 bridgehead atoms. The lowest BCUT2D eigenvalue weighted by atomic mass is 10.2. The van der Waals surface area contributed by atoms with E-state index in [0.29, 0.717) is 40.5 Å². The van der Waals surface area contributed by atoms with Crippen molar-refractivity contribution in [2.75, 3.05) is 18.6 Å². The lowest BCUT2D eigenvalue weighted by Crippen LogP contribution is -2.33. The summed E-state index contributed by atoms with van der Waals surface area (Å²) in [6.45, 7) is 2.95. The average molecular weight is 357 g/mol. The number of fused-ring (bicyclic) bond motifs is 2.